The van der Waals surface area contributed by atoms with Gasteiger partial charge in [0.15, 0.2) is 5.82 Å². The first kappa shape index (κ1) is 11.5. The Balaban J connectivity index is 2.17. The highest BCUT2D eigenvalue weighted by atomic mass is 32.2. The summed E-state index contributed by atoms with van der Waals surface area (Å²) in [5.74, 6) is 1.89. The lowest BCUT2D eigenvalue weighted by molar-refractivity contribution is 0.264. The molecule has 4 nitrogen and oxygen atoms in total. The van der Waals surface area contributed by atoms with E-state index in [4.69, 9.17) is 5.11 Å². The van der Waals surface area contributed by atoms with Crippen molar-refractivity contribution in [2.45, 2.75) is 32.4 Å². The van der Waals surface area contributed by atoms with Gasteiger partial charge in [-0.15, -0.1) is 10.2 Å². The summed E-state index contributed by atoms with van der Waals surface area (Å²) in [6.45, 7) is 0.891. The third-order valence-electron chi connectivity index (χ3n) is 2.08. The lowest BCUT2D eigenvalue weighted by Crippen LogP contribution is -2.03. The van der Waals surface area contributed by atoms with Crippen LogP contribution in [-0.2, 0) is 13.2 Å². The Bertz CT molecular complexity index is 252. The molecule has 1 rings (SSSR count). The average Bonchev–Trinajstić information content (AvgIpc) is 2.65. The van der Waals surface area contributed by atoms with Crippen LogP contribution in [0.1, 0.15) is 25.1 Å². The number of thioether (sulfide) groups is 1. The molecule has 0 aliphatic heterocycles. The van der Waals surface area contributed by atoms with Crippen molar-refractivity contribution in [1.29, 1.82) is 0 Å². The highest BCUT2D eigenvalue weighted by Crippen LogP contribution is 2.05. The van der Waals surface area contributed by atoms with Crippen molar-refractivity contribution in [3.8, 4) is 0 Å². The molecule has 5 heteroatoms. The molecule has 1 heterocycles. The number of aliphatic hydroxyl groups is 1. The van der Waals surface area contributed by atoms with E-state index in [1.165, 1.54) is 18.6 Å². The molecule has 1 aromatic rings. The van der Waals surface area contributed by atoms with E-state index in [1.54, 1.807) is 6.33 Å². The average molecular weight is 215 g/mol. The Hall–Kier alpha value is -0.550. The monoisotopic (exact) mass is 215 g/mol. The largest absolute Gasteiger partial charge is 0.388 e. The number of aliphatic hydroxyl groups excluding tert-OH is 1. The van der Waals surface area contributed by atoms with E-state index in [0.717, 1.165) is 13.0 Å². The van der Waals surface area contributed by atoms with Crippen LogP contribution < -0.4 is 0 Å². The molecule has 0 amide bonds. The molecule has 0 atom stereocenters. The van der Waals surface area contributed by atoms with E-state index in [9.17, 15) is 0 Å². The van der Waals surface area contributed by atoms with E-state index in [2.05, 4.69) is 16.5 Å². The van der Waals surface area contributed by atoms with Gasteiger partial charge >= 0.3 is 0 Å². The van der Waals surface area contributed by atoms with Crippen molar-refractivity contribution in [3.63, 3.8) is 0 Å². The molecule has 1 aromatic heterocycles. The molecule has 0 saturated heterocycles. The van der Waals surface area contributed by atoms with Gasteiger partial charge in [-0.1, -0.05) is 6.42 Å². The van der Waals surface area contributed by atoms with Gasteiger partial charge in [0.2, 0.25) is 0 Å². The minimum Gasteiger partial charge on any atom is -0.388 e. The Labute approximate surface area is 88.7 Å². The highest BCUT2D eigenvalue weighted by molar-refractivity contribution is 7.98. The van der Waals surface area contributed by atoms with Gasteiger partial charge in [0.1, 0.15) is 12.9 Å². The van der Waals surface area contributed by atoms with Crippen molar-refractivity contribution in [3.05, 3.63) is 12.2 Å². The molecule has 0 aromatic carbocycles. The van der Waals surface area contributed by atoms with Crippen molar-refractivity contribution in [2.75, 3.05) is 12.0 Å². The number of aryl methyl sites for hydroxylation is 1. The van der Waals surface area contributed by atoms with Crippen molar-refractivity contribution in [1.82, 2.24) is 14.8 Å². The minimum absolute atomic E-state index is 0.0230. The quantitative estimate of drug-likeness (QED) is 0.697. The number of hydrogen-bond donors (Lipinski definition) is 1. The van der Waals surface area contributed by atoms with E-state index in [0.29, 0.717) is 5.82 Å². The van der Waals surface area contributed by atoms with E-state index >= 15 is 0 Å². The van der Waals surface area contributed by atoms with Gasteiger partial charge in [-0.2, -0.15) is 11.8 Å². The Kier molecular flexibility index (Phi) is 5.63. The molecule has 0 saturated carbocycles. The summed E-state index contributed by atoms with van der Waals surface area (Å²) in [7, 11) is 0. The van der Waals surface area contributed by atoms with Gasteiger partial charge in [0.05, 0.1) is 0 Å². The Morgan fingerprint density at radius 3 is 3.00 bits per heavy atom. The number of aromatic nitrogens is 3. The van der Waals surface area contributed by atoms with Gasteiger partial charge in [0, 0.05) is 6.54 Å². The molecule has 14 heavy (non-hydrogen) atoms. The van der Waals surface area contributed by atoms with Gasteiger partial charge in [-0.05, 0) is 24.9 Å². The third kappa shape index (κ3) is 3.67. The lowest BCUT2D eigenvalue weighted by Gasteiger charge is -2.03. The summed E-state index contributed by atoms with van der Waals surface area (Å²) >= 11 is 1.89. The van der Waals surface area contributed by atoms with Crippen molar-refractivity contribution < 1.29 is 5.11 Å². The van der Waals surface area contributed by atoms with Crippen LogP contribution in [0.3, 0.4) is 0 Å². The fraction of sp³-hybridized carbons (Fsp3) is 0.778. The normalized spacial score (nSPS) is 10.7. The zero-order valence-corrected chi connectivity index (χ0v) is 9.33. The maximum atomic E-state index is 8.92. The second kappa shape index (κ2) is 6.84. The molecule has 0 aliphatic carbocycles. The highest BCUT2D eigenvalue weighted by Gasteiger charge is 2.00. The molecule has 0 unspecified atom stereocenters. The van der Waals surface area contributed by atoms with Crippen LogP contribution in [-0.4, -0.2) is 31.9 Å². The molecular formula is C9H17N3OS. The summed E-state index contributed by atoms with van der Waals surface area (Å²) < 4.78 is 1.92. The van der Waals surface area contributed by atoms with Crippen LogP contribution in [0.25, 0.3) is 0 Å². The summed E-state index contributed by atoms with van der Waals surface area (Å²) in [6.07, 6.45) is 7.43. The minimum atomic E-state index is -0.0230. The van der Waals surface area contributed by atoms with Gasteiger partial charge < -0.3 is 9.67 Å². The summed E-state index contributed by atoms with van der Waals surface area (Å²) in [5.41, 5.74) is 0. The van der Waals surface area contributed by atoms with Crippen LogP contribution >= 0.6 is 11.8 Å². The topological polar surface area (TPSA) is 50.9 Å². The van der Waals surface area contributed by atoms with Gasteiger partial charge in [-0.3, -0.25) is 0 Å². The smallest absolute Gasteiger partial charge is 0.158 e. The molecule has 0 bridgehead atoms. The summed E-state index contributed by atoms with van der Waals surface area (Å²) in [6, 6.07) is 0. The Morgan fingerprint density at radius 2 is 2.29 bits per heavy atom. The van der Waals surface area contributed by atoms with E-state index in [-0.39, 0.29) is 6.61 Å². The molecule has 1 N–H and O–H groups in total. The van der Waals surface area contributed by atoms with Crippen molar-refractivity contribution in [2.24, 2.45) is 0 Å². The van der Waals surface area contributed by atoms with Crippen LogP contribution in [0.2, 0.25) is 0 Å². The standard InChI is InChI=1S/C9H17N3OS/c1-14-6-4-2-3-5-12-8-10-11-9(12)7-13/h8,13H,2-7H2,1H3. The molecule has 0 aliphatic rings. The Morgan fingerprint density at radius 1 is 1.43 bits per heavy atom. The van der Waals surface area contributed by atoms with E-state index < -0.39 is 0 Å². The lowest BCUT2D eigenvalue weighted by atomic mass is 10.2. The number of hydrogen-bond acceptors (Lipinski definition) is 4. The SMILES string of the molecule is CSCCCCCn1cnnc1CO. The predicted molar refractivity (Wildman–Crippen MR) is 58.2 cm³/mol. The summed E-state index contributed by atoms with van der Waals surface area (Å²) in [4.78, 5) is 0. The first-order valence-corrected chi connectivity index (χ1v) is 6.24. The van der Waals surface area contributed by atoms with Crippen LogP contribution in [0.4, 0.5) is 0 Å². The summed E-state index contributed by atoms with van der Waals surface area (Å²) in [5, 5.41) is 16.5. The molecule has 80 valence electrons. The predicted octanol–water partition coefficient (Wildman–Crippen LogP) is 1.30. The van der Waals surface area contributed by atoms with E-state index in [1.807, 2.05) is 16.3 Å². The zero-order chi connectivity index (χ0) is 10.2. The third-order valence-corrected chi connectivity index (χ3v) is 2.78. The molecule has 0 spiro atoms. The number of nitrogens with zero attached hydrogens (tertiary/aromatic N) is 3. The van der Waals surface area contributed by atoms with Crippen molar-refractivity contribution >= 4 is 11.8 Å². The second-order valence-electron chi connectivity index (χ2n) is 3.15. The first-order chi connectivity index (χ1) is 6.88. The molecule has 0 fully saturated rings. The maximum absolute atomic E-state index is 8.92. The van der Waals surface area contributed by atoms with Crippen LogP contribution in [0, 0.1) is 0 Å². The molecule has 0 radical (unpaired) electrons. The van der Waals surface area contributed by atoms with Gasteiger partial charge in [0.25, 0.3) is 0 Å². The zero-order valence-electron chi connectivity index (χ0n) is 8.52. The van der Waals surface area contributed by atoms with Gasteiger partial charge in [-0.25, -0.2) is 0 Å². The first-order valence-electron chi connectivity index (χ1n) is 4.85. The molecular weight excluding hydrogens is 198 g/mol. The van der Waals surface area contributed by atoms with Crippen LogP contribution in [0.15, 0.2) is 6.33 Å². The fourth-order valence-corrected chi connectivity index (χ4v) is 1.79. The second-order valence-corrected chi connectivity index (χ2v) is 4.14. The number of unbranched alkanes of at least 4 members (excludes halogenated alkanes) is 2. The maximum Gasteiger partial charge on any atom is 0.158 e. The van der Waals surface area contributed by atoms with Crippen LogP contribution in [0.5, 0.6) is 0 Å². The number of rotatable bonds is 7. The fourth-order valence-electron chi connectivity index (χ4n) is 1.29.